The second-order valence-electron chi connectivity index (χ2n) is 5.70. The summed E-state index contributed by atoms with van der Waals surface area (Å²) < 4.78 is 19.5. The minimum atomic E-state index is -0.621. The molecule has 0 aliphatic rings. The van der Waals surface area contributed by atoms with E-state index < -0.39 is 11.7 Å². The fourth-order valence-electron chi connectivity index (χ4n) is 2.25. The number of thiazole rings is 1. The van der Waals surface area contributed by atoms with Gasteiger partial charge < -0.3 is 15.4 Å². The first-order chi connectivity index (χ1) is 13.4. The first kappa shape index (κ1) is 19.8. The molecule has 0 saturated heterocycles. The highest BCUT2D eigenvalue weighted by molar-refractivity contribution is 7.09. The number of rotatable bonds is 6. The molecule has 0 aliphatic heterocycles. The topological polar surface area (TPSA) is 80.3 Å². The zero-order chi connectivity index (χ0) is 20.1. The fraction of sp³-hybridized carbons (Fsp3) is 0.105. The van der Waals surface area contributed by atoms with Crippen molar-refractivity contribution in [2.75, 3.05) is 10.6 Å². The predicted octanol–water partition coefficient (Wildman–Crippen LogP) is 4.73. The first-order valence-corrected chi connectivity index (χ1v) is 9.38. The van der Waals surface area contributed by atoms with Gasteiger partial charge in [0.1, 0.15) is 28.9 Å². The summed E-state index contributed by atoms with van der Waals surface area (Å²) in [5, 5.41) is 7.75. The summed E-state index contributed by atoms with van der Waals surface area (Å²) in [5.74, 6) is -0.854. The number of anilines is 2. The van der Waals surface area contributed by atoms with Gasteiger partial charge in [0.25, 0.3) is 5.91 Å². The number of halogens is 2. The maximum atomic E-state index is 14.0. The minimum absolute atomic E-state index is 0.0526. The highest BCUT2D eigenvalue weighted by atomic mass is 35.5. The van der Waals surface area contributed by atoms with E-state index in [1.54, 1.807) is 29.6 Å². The van der Waals surface area contributed by atoms with Crippen LogP contribution < -0.4 is 15.4 Å². The average molecular weight is 420 g/mol. The van der Waals surface area contributed by atoms with Gasteiger partial charge in [-0.15, -0.1) is 11.3 Å². The molecule has 2 amide bonds. The molecule has 0 spiro atoms. The largest absolute Gasteiger partial charge is 0.486 e. The summed E-state index contributed by atoms with van der Waals surface area (Å²) in [6.45, 7) is 1.52. The number of benzene rings is 2. The molecule has 9 heteroatoms. The quantitative estimate of drug-likeness (QED) is 0.605. The summed E-state index contributed by atoms with van der Waals surface area (Å²) in [5.41, 5.74) is 0.465. The number of nitrogens with one attached hydrogen (secondary N) is 2. The van der Waals surface area contributed by atoms with Crippen LogP contribution in [0, 0.1) is 5.82 Å². The Bertz CT molecular complexity index is 1010. The van der Waals surface area contributed by atoms with Crippen molar-refractivity contribution < 1.29 is 18.7 Å². The Hall–Kier alpha value is -2.97. The number of carbonyl (C=O) groups excluding carboxylic acids is 2. The number of carbonyl (C=O) groups is 2. The van der Waals surface area contributed by atoms with Crippen molar-refractivity contribution in [2.24, 2.45) is 0 Å². The summed E-state index contributed by atoms with van der Waals surface area (Å²) >= 11 is 7.07. The maximum Gasteiger partial charge on any atom is 0.275 e. The molecule has 2 aromatic carbocycles. The third-order valence-electron chi connectivity index (χ3n) is 3.50. The van der Waals surface area contributed by atoms with E-state index in [-0.39, 0.29) is 23.9 Å². The van der Waals surface area contributed by atoms with Gasteiger partial charge in [0.15, 0.2) is 0 Å². The SMILES string of the molecule is CC(=O)Nc1ccc(F)c(NC(=O)c2csc(COc3ccc(Cl)cc3)n2)c1. The highest BCUT2D eigenvalue weighted by Gasteiger charge is 2.14. The smallest absolute Gasteiger partial charge is 0.275 e. The summed E-state index contributed by atoms with van der Waals surface area (Å²) in [6, 6.07) is 10.8. The van der Waals surface area contributed by atoms with Crippen LogP contribution in [0.15, 0.2) is 47.8 Å². The van der Waals surface area contributed by atoms with Crippen molar-refractivity contribution in [1.29, 1.82) is 0 Å². The molecule has 144 valence electrons. The lowest BCUT2D eigenvalue weighted by Crippen LogP contribution is -2.14. The third kappa shape index (κ3) is 5.28. The van der Waals surface area contributed by atoms with Crippen LogP contribution in [0.2, 0.25) is 5.02 Å². The van der Waals surface area contributed by atoms with Crippen LogP contribution in [0.4, 0.5) is 15.8 Å². The average Bonchev–Trinajstić information content (AvgIpc) is 3.13. The molecule has 0 bridgehead atoms. The van der Waals surface area contributed by atoms with Gasteiger partial charge in [-0.2, -0.15) is 0 Å². The Labute approximate surface area is 169 Å². The Balaban J connectivity index is 1.64. The molecule has 0 saturated carbocycles. The zero-order valence-corrected chi connectivity index (χ0v) is 16.2. The molecule has 0 unspecified atom stereocenters. The lowest BCUT2D eigenvalue weighted by atomic mass is 10.2. The van der Waals surface area contributed by atoms with E-state index in [1.807, 2.05) is 0 Å². The lowest BCUT2D eigenvalue weighted by molar-refractivity contribution is -0.114. The van der Waals surface area contributed by atoms with Gasteiger partial charge in [0.2, 0.25) is 5.91 Å². The maximum absolute atomic E-state index is 14.0. The van der Waals surface area contributed by atoms with Crippen LogP contribution in [0.3, 0.4) is 0 Å². The van der Waals surface area contributed by atoms with E-state index in [4.69, 9.17) is 16.3 Å². The van der Waals surface area contributed by atoms with Crippen LogP contribution in [0.5, 0.6) is 5.75 Å². The molecule has 0 fully saturated rings. The molecule has 0 radical (unpaired) electrons. The van der Waals surface area contributed by atoms with Crippen LogP contribution in [-0.2, 0) is 11.4 Å². The van der Waals surface area contributed by atoms with E-state index in [0.717, 1.165) is 6.07 Å². The molecule has 6 nitrogen and oxygen atoms in total. The summed E-state index contributed by atoms with van der Waals surface area (Å²) in [4.78, 5) is 27.7. The monoisotopic (exact) mass is 419 g/mol. The molecular weight excluding hydrogens is 405 g/mol. The van der Waals surface area contributed by atoms with Gasteiger partial charge in [-0.3, -0.25) is 9.59 Å². The Morgan fingerprint density at radius 1 is 1.18 bits per heavy atom. The van der Waals surface area contributed by atoms with Crippen molar-refractivity contribution in [2.45, 2.75) is 13.5 Å². The predicted molar refractivity (Wildman–Crippen MR) is 107 cm³/mol. The minimum Gasteiger partial charge on any atom is -0.486 e. The van der Waals surface area contributed by atoms with E-state index in [9.17, 15) is 14.0 Å². The summed E-state index contributed by atoms with van der Waals surface area (Å²) in [7, 11) is 0. The van der Waals surface area contributed by atoms with Gasteiger partial charge in [-0.05, 0) is 42.5 Å². The standard InChI is InChI=1S/C19H15ClFN3O3S/c1-11(25)22-13-4-7-15(21)16(8-13)24-19(26)17-10-28-18(23-17)9-27-14-5-2-12(20)3-6-14/h2-8,10H,9H2,1H3,(H,22,25)(H,24,26). The molecule has 3 rings (SSSR count). The Morgan fingerprint density at radius 2 is 1.93 bits per heavy atom. The van der Waals surface area contributed by atoms with Gasteiger partial charge in [0.05, 0.1) is 5.69 Å². The van der Waals surface area contributed by atoms with Gasteiger partial charge >= 0.3 is 0 Å². The lowest BCUT2D eigenvalue weighted by Gasteiger charge is -2.08. The van der Waals surface area contributed by atoms with Crippen molar-refractivity contribution in [3.05, 3.63) is 69.4 Å². The first-order valence-electron chi connectivity index (χ1n) is 8.12. The van der Waals surface area contributed by atoms with Gasteiger partial charge in [-0.25, -0.2) is 9.37 Å². The Morgan fingerprint density at radius 3 is 2.64 bits per heavy atom. The normalized spacial score (nSPS) is 10.4. The van der Waals surface area contributed by atoms with Crippen molar-refractivity contribution in [1.82, 2.24) is 4.98 Å². The van der Waals surface area contributed by atoms with Crippen LogP contribution in [-0.4, -0.2) is 16.8 Å². The number of hydrogen-bond donors (Lipinski definition) is 2. The molecular formula is C19H15ClFN3O3S. The van der Waals surface area contributed by atoms with Crippen molar-refractivity contribution in [3.63, 3.8) is 0 Å². The second kappa shape index (κ2) is 8.81. The molecule has 0 aliphatic carbocycles. The van der Waals surface area contributed by atoms with Crippen LogP contribution in [0.1, 0.15) is 22.4 Å². The fourth-order valence-corrected chi connectivity index (χ4v) is 3.06. The van der Waals surface area contributed by atoms with E-state index >= 15 is 0 Å². The number of hydrogen-bond acceptors (Lipinski definition) is 5. The third-order valence-corrected chi connectivity index (χ3v) is 4.57. The van der Waals surface area contributed by atoms with Gasteiger partial charge in [-0.1, -0.05) is 11.6 Å². The van der Waals surface area contributed by atoms with Crippen molar-refractivity contribution >= 4 is 46.1 Å². The van der Waals surface area contributed by atoms with Gasteiger partial charge in [0, 0.05) is 23.0 Å². The second-order valence-corrected chi connectivity index (χ2v) is 7.08. The number of ether oxygens (including phenoxy) is 1. The van der Waals surface area contributed by atoms with Crippen LogP contribution in [0.25, 0.3) is 0 Å². The number of amides is 2. The Kier molecular flexibility index (Phi) is 6.23. The molecule has 1 heterocycles. The van der Waals surface area contributed by atoms with E-state index in [1.165, 1.54) is 30.4 Å². The zero-order valence-electron chi connectivity index (χ0n) is 14.7. The number of nitrogens with zero attached hydrogens (tertiary/aromatic N) is 1. The molecule has 3 aromatic rings. The van der Waals surface area contributed by atoms with E-state index in [2.05, 4.69) is 15.6 Å². The number of aromatic nitrogens is 1. The van der Waals surface area contributed by atoms with E-state index in [0.29, 0.717) is 21.5 Å². The molecule has 28 heavy (non-hydrogen) atoms. The highest BCUT2D eigenvalue weighted by Crippen LogP contribution is 2.22. The molecule has 1 aromatic heterocycles. The summed E-state index contributed by atoms with van der Waals surface area (Å²) in [6.07, 6.45) is 0. The molecule has 2 N–H and O–H groups in total. The molecule has 0 atom stereocenters. The van der Waals surface area contributed by atoms with Crippen LogP contribution >= 0.6 is 22.9 Å². The van der Waals surface area contributed by atoms with Crippen molar-refractivity contribution in [3.8, 4) is 5.75 Å².